The van der Waals surface area contributed by atoms with Crippen molar-refractivity contribution in [2.45, 2.75) is 173 Å². The quantitative estimate of drug-likeness (QED) is 0.0368. The van der Waals surface area contributed by atoms with Gasteiger partial charge in [0.05, 0.1) is 13.2 Å². The number of phosphoric acid groups is 1. The first-order valence-corrected chi connectivity index (χ1v) is 24.0. The molecule has 6 nitrogen and oxygen atoms in total. The summed E-state index contributed by atoms with van der Waals surface area (Å²) < 4.78 is 36.6. The molecule has 0 saturated carbocycles. The first-order chi connectivity index (χ1) is 28.6. The molecule has 0 unspecified atom stereocenters. The molecule has 0 radical (unpaired) electrons. The van der Waals surface area contributed by atoms with Crippen molar-refractivity contribution in [1.29, 1.82) is 0 Å². The minimum atomic E-state index is -3.88. The van der Waals surface area contributed by atoms with Crippen LogP contribution in [0.3, 0.4) is 0 Å². The van der Waals surface area contributed by atoms with E-state index in [2.05, 4.69) is 97.9 Å². The van der Waals surface area contributed by atoms with Crippen LogP contribution in [0.25, 0.3) is 10.8 Å². The molecule has 7 heteroatoms. The minimum Gasteiger partial charge on any atom is -0.426 e. The third-order valence-electron chi connectivity index (χ3n) is 10.7. The lowest BCUT2D eigenvalue weighted by Gasteiger charge is -2.23. The highest BCUT2D eigenvalue weighted by atomic mass is 31.2. The van der Waals surface area contributed by atoms with Crippen LogP contribution in [0.2, 0.25) is 0 Å². The Labute approximate surface area is 365 Å². The Balaban J connectivity index is 1.94. The van der Waals surface area contributed by atoms with Crippen LogP contribution in [0.4, 0.5) is 0 Å². The third-order valence-corrected chi connectivity index (χ3v) is 12.2. The number of rotatable bonds is 28. The molecule has 0 N–H and O–H groups in total. The van der Waals surface area contributed by atoms with Crippen molar-refractivity contribution in [1.82, 2.24) is 0 Å². The predicted molar refractivity (Wildman–Crippen MR) is 257 cm³/mol. The van der Waals surface area contributed by atoms with E-state index in [4.69, 9.17) is 18.3 Å². The second-order valence-corrected chi connectivity index (χ2v) is 18.1. The van der Waals surface area contributed by atoms with Crippen molar-refractivity contribution in [2.24, 2.45) is 0 Å². The molecule has 2 aromatic rings. The standard InChI is InChI=1S/C53H79O6P/c1-13-51(54)58-53-48(47(12)52(49-36-16-17-37-50(49)53)59-60(55,56-14-2)57-15-3)39-38-46(11)35-23-34-45(10)33-22-32-44(9)31-21-30-43(8)29-20-28-42(7)27-19-26-41(6)25-18-24-40(4)5/h16-17,24,26,28,30,32,34,36-38H,13-15,18-23,25,27,29,31,33,35,39H2,1-12H3. The number of allylic oxidation sites excluding steroid dienone is 14. The normalized spacial score (nSPS) is 13.6. The largest absolute Gasteiger partial charge is 0.530 e. The van der Waals surface area contributed by atoms with Crippen LogP contribution < -0.4 is 9.26 Å². The molecule has 0 aliphatic carbocycles. The van der Waals surface area contributed by atoms with Crippen LogP contribution >= 0.6 is 7.82 Å². The van der Waals surface area contributed by atoms with Crippen LogP contribution in [0.5, 0.6) is 11.5 Å². The zero-order valence-corrected chi connectivity index (χ0v) is 40.5. The number of hydrogen-bond acceptors (Lipinski definition) is 6. The number of esters is 1. The summed E-state index contributed by atoms with van der Waals surface area (Å²) in [5.74, 6) is 0.600. The summed E-state index contributed by atoms with van der Waals surface area (Å²) in [6.07, 6.45) is 30.4. The van der Waals surface area contributed by atoms with Gasteiger partial charge in [-0.2, -0.15) is 0 Å². The number of benzene rings is 2. The molecule has 0 heterocycles. The molecule has 2 aromatic carbocycles. The average Bonchev–Trinajstić information content (AvgIpc) is 3.19. The molecule has 0 bridgehead atoms. The molecule has 0 amide bonds. The molecule has 0 spiro atoms. The molecular formula is C53H79O6P. The zero-order valence-electron chi connectivity index (χ0n) is 39.6. The van der Waals surface area contributed by atoms with Gasteiger partial charge in [0.25, 0.3) is 0 Å². The van der Waals surface area contributed by atoms with Crippen molar-refractivity contribution in [3.8, 4) is 11.5 Å². The second kappa shape index (κ2) is 28.8. The van der Waals surface area contributed by atoms with Crippen LogP contribution in [-0.2, 0) is 24.8 Å². The van der Waals surface area contributed by atoms with Gasteiger partial charge in [-0.05, 0) is 165 Å². The fourth-order valence-corrected chi connectivity index (χ4v) is 8.21. The molecule has 0 aliphatic rings. The van der Waals surface area contributed by atoms with Crippen molar-refractivity contribution < 1.29 is 27.7 Å². The Bertz CT molecular complexity index is 1920. The van der Waals surface area contributed by atoms with E-state index in [1.165, 1.54) is 45.4 Å². The second-order valence-electron chi connectivity index (χ2n) is 16.5. The molecule has 0 saturated heterocycles. The van der Waals surface area contributed by atoms with E-state index in [9.17, 15) is 9.36 Å². The van der Waals surface area contributed by atoms with Gasteiger partial charge in [0.15, 0.2) is 0 Å². The highest BCUT2D eigenvalue weighted by molar-refractivity contribution is 7.49. The Hall–Kier alpha value is -3.70. The van der Waals surface area contributed by atoms with Gasteiger partial charge in [0.2, 0.25) is 0 Å². The van der Waals surface area contributed by atoms with Gasteiger partial charge in [-0.1, -0.05) is 113 Å². The van der Waals surface area contributed by atoms with Crippen molar-refractivity contribution in [2.75, 3.05) is 13.2 Å². The van der Waals surface area contributed by atoms with Gasteiger partial charge in [0.1, 0.15) is 11.5 Å². The third kappa shape index (κ3) is 20.2. The molecular weight excluding hydrogens is 764 g/mol. The first kappa shape index (κ1) is 52.4. The summed E-state index contributed by atoms with van der Waals surface area (Å²) in [5.41, 5.74) is 11.6. The molecule has 60 heavy (non-hydrogen) atoms. The first-order valence-electron chi connectivity index (χ1n) is 22.5. The number of hydrogen-bond donors (Lipinski definition) is 0. The Morgan fingerprint density at radius 3 is 1.28 bits per heavy atom. The van der Waals surface area contributed by atoms with Gasteiger partial charge in [-0.15, -0.1) is 0 Å². The van der Waals surface area contributed by atoms with Crippen LogP contribution in [0, 0.1) is 6.92 Å². The topological polar surface area (TPSA) is 71.1 Å². The lowest BCUT2D eigenvalue weighted by molar-refractivity contribution is -0.133. The summed E-state index contributed by atoms with van der Waals surface area (Å²) in [5, 5.41) is 1.38. The van der Waals surface area contributed by atoms with E-state index in [1.807, 2.05) is 31.2 Å². The number of carbonyl (C=O) groups excluding carboxylic acids is 1. The van der Waals surface area contributed by atoms with Crippen LogP contribution in [0.15, 0.2) is 106 Å². The van der Waals surface area contributed by atoms with Crippen LogP contribution in [0.1, 0.15) is 171 Å². The lowest BCUT2D eigenvalue weighted by atomic mass is 9.95. The summed E-state index contributed by atoms with van der Waals surface area (Å²) in [4.78, 5) is 12.6. The maximum Gasteiger partial charge on any atom is 0.530 e. The number of fused-ring (bicyclic) bond motifs is 1. The maximum atomic E-state index is 13.5. The Morgan fingerprint density at radius 2 is 0.917 bits per heavy atom. The number of phosphoric ester groups is 1. The molecule has 0 aliphatic heterocycles. The van der Waals surface area contributed by atoms with Gasteiger partial charge in [-0.3, -0.25) is 13.8 Å². The average molecular weight is 843 g/mol. The summed E-state index contributed by atoms with van der Waals surface area (Å²) in [6, 6.07) is 7.53. The summed E-state index contributed by atoms with van der Waals surface area (Å²) in [6.45, 7) is 25.3. The van der Waals surface area contributed by atoms with Gasteiger partial charge >= 0.3 is 13.8 Å². The molecule has 0 aromatic heterocycles. The summed E-state index contributed by atoms with van der Waals surface area (Å²) >= 11 is 0. The van der Waals surface area contributed by atoms with Gasteiger partial charge in [0, 0.05) is 22.8 Å². The highest BCUT2D eigenvalue weighted by Crippen LogP contribution is 2.53. The highest BCUT2D eigenvalue weighted by Gasteiger charge is 2.31. The number of carbonyl (C=O) groups is 1. The smallest absolute Gasteiger partial charge is 0.426 e. The Kier molecular flexibility index (Phi) is 25.1. The van der Waals surface area contributed by atoms with E-state index < -0.39 is 7.82 Å². The van der Waals surface area contributed by atoms with Gasteiger partial charge in [-0.25, -0.2) is 4.57 Å². The Morgan fingerprint density at radius 1 is 0.550 bits per heavy atom. The summed E-state index contributed by atoms with van der Waals surface area (Å²) in [7, 11) is -3.88. The molecule has 2 rings (SSSR count). The fraction of sp³-hybridized carbons (Fsp3) is 0.528. The van der Waals surface area contributed by atoms with E-state index in [0.717, 1.165) is 81.8 Å². The van der Waals surface area contributed by atoms with Crippen molar-refractivity contribution in [3.05, 3.63) is 117 Å². The fourth-order valence-electron chi connectivity index (χ4n) is 6.94. The van der Waals surface area contributed by atoms with Crippen molar-refractivity contribution >= 4 is 24.6 Å². The van der Waals surface area contributed by atoms with E-state index >= 15 is 0 Å². The monoisotopic (exact) mass is 843 g/mol. The SMILES string of the molecule is CCOP(=O)(OCC)Oc1c(C)c(CC=C(C)CCC=C(C)CCC=C(C)CCC=C(C)CCC=C(C)CCC=C(C)CCC=C(C)C)c(OC(=O)CC)c2ccccc12. The van der Waals surface area contributed by atoms with E-state index in [1.54, 1.807) is 20.8 Å². The number of ether oxygens (including phenoxy) is 1. The maximum absolute atomic E-state index is 13.5. The molecule has 0 atom stereocenters. The van der Waals surface area contributed by atoms with Crippen LogP contribution in [-0.4, -0.2) is 19.2 Å². The predicted octanol–water partition coefficient (Wildman–Crippen LogP) is 16.9. The lowest BCUT2D eigenvalue weighted by Crippen LogP contribution is -2.10. The minimum absolute atomic E-state index is 0.173. The molecule has 332 valence electrons. The van der Waals surface area contributed by atoms with E-state index in [-0.39, 0.29) is 25.6 Å². The zero-order chi connectivity index (χ0) is 44.5. The molecule has 0 fully saturated rings. The van der Waals surface area contributed by atoms with Crippen molar-refractivity contribution in [3.63, 3.8) is 0 Å². The van der Waals surface area contributed by atoms with E-state index in [0.29, 0.717) is 28.7 Å². The van der Waals surface area contributed by atoms with Gasteiger partial charge < -0.3 is 9.26 Å².